The van der Waals surface area contributed by atoms with Gasteiger partial charge in [-0.2, -0.15) is 4.98 Å². The Kier molecular flexibility index (Phi) is 6.72. The van der Waals surface area contributed by atoms with E-state index in [0.29, 0.717) is 48.4 Å². The molecule has 214 valence electrons. The average molecular weight is 570 g/mol. The molecule has 42 heavy (non-hydrogen) atoms. The van der Waals surface area contributed by atoms with Crippen LogP contribution in [-0.4, -0.2) is 88.8 Å². The van der Waals surface area contributed by atoms with Gasteiger partial charge >= 0.3 is 11.8 Å². The van der Waals surface area contributed by atoms with Crippen LogP contribution >= 0.6 is 0 Å². The van der Waals surface area contributed by atoms with Crippen LogP contribution in [0.5, 0.6) is 11.9 Å². The molecular weight excluding hydrogens is 538 g/mol. The van der Waals surface area contributed by atoms with E-state index in [1.807, 2.05) is 41.1 Å². The fourth-order valence-corrected chi connectivity index (χ4v) is 6.77. The molecule has 3 aliphatic heterocycles. The first kappa shape index (κ1) is 26.7. The number of hydrogen-bond acceptors (Lipinski definition) is 7. The Morgan fingerprint density at radius 3 is 2.83 bits per heavy atom. The summed E-state index contributed by atoms with van der Waals surface area (Å²) in [6.45, 7) is 3.43. The smallest absolute Gasteiger partial charge is 0.434 e. The predicted molar refractivity (Wildman–Crippen MR) is 157 cm³/mol. The third-order valence-electron chi connectivity index (χ3n) is 8.71. The second-order valence-corrected chi connectivity index (χ2v) is 11.1. The third kappa shape index (κ3) is 4.35. The van der Waals surface area contributed by atoms with Crippen molar-refractivity contribution in [3.63, 3.8) is 0 Å². The second-order valence-electron chi connectivity index (χ2n) is 11.1. The van der Waals surface area contributed by atoms with Gasteiger partial charge in [-0.3, -0.25) is 4.90 Å². The van der Waals surface area contributed by atoms with Gasteiger partial charge in [-0.25, -0.2) is 18.3 Å². The Labute approximate surface area is 242 Å². The number of nitrogens with zero attached hydrogens (tertiary/aromatic N) is 5. The van der Waals surface area contributed by atoms with E-state index < -0.39 is 17.5 Å². The van der Waals surface area contributed by atoms with Crippen molar-refractivity contribution in [1.29, 1.82) is 0 Å². The van der Waals surface area contributed by atoms with E-state index in [1.165, 1.54) is 7.11 Å². The molecule has 0 aliphatic carbocycles. The number of pyridine rings is 1. The van der Waals surface area contributed by atoms with Crippen LogP contribution in [0.4, 0.5) is 14.6 Å². The van der Waals surface area contributed by atoms with Crippen molar-refractivity contribution >= 4 is 33.7 Å². The number of aromatic nitrogens is 3. The maximum atomic E-state index is 16.8. The highest BCUT2D eigenvalue weighted by Gasteiger charge is 2.49. The molecule has 2 aromatic carbocycles. The van der Waals surface area contributed by atoms with E-state index >= 15 is 4.39 Å². The van der Waals surface area contributed by atoms with Crippen molar-refractivity contribution in [3.05, 3.63) is 47.8 Å². The average Bonchev–Trinajstić information content (AvgIpc) is 3.55. The Hall–Kier alpha value is -4.20. The molecule has 8 nitrogen and oxygen atoms in total. The maximum absolute atomic E-state index is 16.8. The summed E-state index contributed by atoms with van der Waals surface area (Å²) in [7, 11) is 1.50. The van der Waals surface area contributed by atoms with E-state index in [2.05, 4.69) is 26.1 Å². The van der Waals surface area contributed by atoms with Crippen molar-refractivity contribution in [1.82, 2.24) is 25.2 Å². The standard InChI is InChI=1S/C32H31F2N6O2/c1-3-20-7-4-8-21-9-5-10-23(24(20)21)27-26(34)28-25(30(36-27)41-2)29(39-15-12-35-13-16-39)38-31(37-28)42-19-32-11-6-14-40(32)18-22(33)17-32/h1,4-5,7-10,15,22,35H,6,11-14,16-19H2,2H3/q+1/t22-,32+/m1/s1. The number of methoxy groups -OCH3 is 1. The summed E-state index contributed by atoms with van der Waals surface area (Å²) in [5.74, 6) is 2.73. The molecule has 10 heteroatoms. The molecule has 0 radical (unpaired) electrons. The van der Waals surface area contributed by atoms with Gasteiger partial charge < -0.3 is 14.8 Å². The highest BCUT2D eigenvalue weighted by molar-refractivity contribution is 6.02. The topological polar surface area (TPSA) is 75.4 Å². The zero-order valence-corrected chi connectivity index (χ0v) is 23.4. The molecule has 5 heterocycles. The second kappa shape index (κ2) is 10.6. The Balaban J connectivity index is 1.42. The molecule has 0 saturated carbocycles. The highest BCUT2D eigenvalue weighted by Crippen LogP contribution is 2.42. The zero-order chi connectivity index (χ0) is 28.8. The minimum absolute atomic E-state index is 0.0355. The van der Waals surface area contributed by atoms with Crippen LogP contribution in [0.15, 0.2) is 36.4 Å². The third-order valence-corrected chi connectivity index (χ3v) is 8.71. The van der Waals surface area contributed by atoms with Crippen molar-refractivity contribution < 1.29 is 22.8 Å². The quantitative estimate of drug-likeness (QED) is 0.275. The fraction of sp³-hybridized carbons (Fsp3) is 0.375. The van der Waals surface area contributed by atoms with E-state index in [9.17, 15) is 4.39 Å². The molecule has 7 rings (SSSR count). The largest absolute Gasteiger partial charge is 0.480 e. The number of fused-ring (bicyclic) bond motifs is 3. The van der Waals surface area contributed by atoms with Gasteiger partial charge in [-0.15, -0.1) is 6.42 Å². The van der Waals surface area contributed by atoms with E-state index in [0.717, 1.165) is 36.7 Å². The predicted octanol–water partition coefficient (Wildman–Crippen LogP) is 4.25. The lowest BCUT2D eigenvalue weighted by Gasteiger charge is -2.30. The Bertz CT molecular complexity index is 1780. The summed E-state index contributed by atoms with van der Waals surface area (Å²) in [6, 6.07) is 11.2. The van der Waals surface area contributed by atoms with Crippen LogP contribution in [0.3, 0.4) is 0 Å². The van der Waals surface area contributed by atoms with E-state index in [1.54, 1.807) is 6.07 Å². The molecule has 0 unspecified atom stereocenters. The zero-order valence-electron chi connectivity index (χ0n) is 23.4. The lowest BCUT2D eigenvalue weighted by molar-refractivity contribution is -0.440. The van der Waals surface area contributed by atoms with Gasteiger partial charge in [0.15, 0.2) is 11.2 Å². The SMILES string of the molecule is C#Cc1cccc2cccc(-c3nc(OC)c4c([N+]5=CCNCC5)nc(OC[C@@]56CCCN5C[C@H](F)C6)nc4c3F)c12. The van der Waals surface area contributed by atoms with Crippen LogP contribution in [0.2, 0.25) is 0 Å². The van der Waals surface area contributed by atoms with Crippen LogP contribution in [-0.2, 0) is 0 Å². The Morgan fingerprint density at radius 1 is 1.19 bits per heavy atom. The summed E-state index contributed by atoms with van der Waals surface area (Å²) >= 11 is 0. The summed E-state index contributed by atoms with van der Waals surface area (Å²) in [6.07, 6.45) is 9.14. The highest BCUT2D eigenvalue weighted by atomic mass is 19.1. The van der Waals surface area contributed by atoms with Gasteiger partial charge in [-0.05, 0) is 30.8 Å². The number of hydrogen-bond donors (Lipinski definition) is 1. The number of ether oxygens (including phenoxy) is 2. The van der Waals surface area contributed by atoms with Gasteiger partial charge in [0.1, 0.15) is 30.5 Å². The van der Waals surface area contributed by atoms with Crippen molar-refractivity contribution in [2.24, 2.45) is 0 Å². The van der Waals surface area contributed by atoms with Gasteiger partial charge in [0, 0.05) is 41.0 Å². The van der Waals surface area contributed by atoms with E-state index in [4.69, 9.17) is 20.9 Å². The van der Waals surface area contributed by atoms with Crippen molar-refractivity contribution in [3.8, 4) is 35.5 Å². The molecule has 3 aliphatic rings. The number of nitrogens with one attached hydrogen (secondary N) is 1. The van der Waals surface area contributed by atoms with Crippen LogP contribution < -0.4 is 14.8 Å². The van der Waals surface area contributed by atoms with Gasteiger partial charge in [0.05, 0.1) is 25.4 Å². The lowest BCUT2D eigenvalue weighted by Crippen LogP contribution is -2.43. The molecule has 2 fully saturated rings. The number of benzene rings is 2. The first-order valence-electron chi connectivity index (χ1n) is 14.3. The monoisotopic (exact) mass is 569 g/mol. The van der Waals surface area contributed by atoms with Crippen LogP contribution in [0.25, 0.3) is 32.9 Å². The maximum Gasteiger partial charge on any atom is 0.434 e. The van der Waals surface area contributed by atoms with Crippen molar-refractivity contribution in [2.75, 3.05) is 46.4 Å². The first-order chi connectivity index (χ1) is 20.5. The first-order valence-corrected chi connectivity index (χ1v) is 14.3. The van der Waals surface area contributed by atoms with Crippen LogP contribution in [0, 0.1) is 18.2 Å². The summed E-state index contributed by atoms with van der Waals surface area (Å²) < 4.78 is 45.1. The normalized spacial score (nSPS) is 22.2. The number of alkyl halides is 1. The van der Waals surface area contributed by atoms with E-state index in [-0.39, 0.29) is 29.7 Å². The summed E-state index contributed by atoms with van der Waals surface area (Å²) in [5.41, 5.74) is 0.886. The van der Waals surface area contributed by atoms with Gasteiger partial charge in [0.2, 0.25) is 5.88 Å². The number of rotatable bonds is 6. The molecule has 0 spiro atoms. The van der Waals surface area contributed by atoms with Gasteiger partial charge in [-0.1, -0.05) is 36.3 Å². The fourth-order valence-electron chi connectivity index (χ4n) is 6.77. The minimum atomic E-state index is -0.888. The molecule has 4 aromatic rings. The van der Waals surface area contributed by atoms with Crippen molar-refractivity contribution in [2.45, 2.75) is 31.0 Å². The number of terminal acetylenes is 1. The molecule has 1 N–H and O–H groups in total. The minimum Gasteiger partial charge on any atom is -0.480 e. The van der Waals surface area contributed by atoms with Gasteiger partial charge in [0.25, 0.3) is 0 Å². The number of halogens is 2. The molecular formula is C32H31F2N6O2+. The molecule has 2 aromatic heterocycles. The summed E-state index contributed by atoms with van der Waals surface area (Å²) in [5, 5.41) is 5.23. The lowest BCUT2D eigenvalue weighted by atomic mass is 9.95. The van der Waals surface area contributed by atoms with Crippen LogP contribution in [0.1, 0.15) is 24.8 Å². The molecule has 2 atom stereocenters. The molecule has 0 amide bonds. The summed E-state index contributed by atoms with van der Waals surface area (Å²) in [4.78, 5) is 16.2. The Morgan fingerprint density at radius 2 is 2.05 bits per heavy atom. The molecule has 0 bridgehead atoms. The molecule has 2 saturated heterocycles.